The first kappa shape index (κ1) is 20.0. The minimum Gasteiger partial charge on any atom is -0.393 e. The summed E-state index contributed by atoms with van der Waals surface area (Å²) < 4.78 is 0. The molecule has 5 aliphatic heterocycles. The number of alkyl halides is 1. The van der Waals surface area contributed by atoms with Crippen molar-refractivity contribution in [2.75, 3.05) is 39.3 Å². The van der Waals surface area contributed by atoms with Crippen LogP contribution in [-0.4, -0.2) is 73.0 Å². The van der Waals surface area contributed by atoms with E-state index in [0.29, 0.717) is 35.4 Å². The number of nitrogens with one attached hydrogen (secondary N) is 4. The van der Waals surface area contributed by atoms with Crippen LogP contribution >= 0.6 is 11.6 Å². The third kappa shape index (κ3) is 3.86. The molecule has 0 aromatic heterocycles. The highest BCUT2D eigenvalue weighted by Gasteiger charge is 2.47. The average molecular weight is 412 g/mol. The summed E-state index contributed by atoms with van der Waals surface area (Å²) in [7, 11) is 0. The van der Waals surface area contributed by atoms with Crippen molar-refractivity contribution in [2.45, 2.75) is 68.6 Å². The quantitative estimate of drug-likeness (QED) is 0.442. The molecule has 1 saturated carbocycles. The van der Waals surface area contributed by atoms with Crippen LogP contribution in [0.4, 0.5) is 0 Å². The number of piperidine rings is 4. The van der Waals surface area contributed by atoms with Gasteiger partial charge in [-0.2, -0.15) is 0 Å². The minimum absolute atomic E-state index is 0.141. The Kier molecular flexibility index (Phi) is 5.92. The Morgan fingerprint density at radius 3 is 2.54 bits per heavy atom. The van der Waals surface area contributed by atoms with Gasteiger partial charge in [0.05, 0.1) is 12.3 Å². The highest BCUT2D eigenvalue weighted by Crippen LogP contribution is 2.41. The van der Waals surface area contributed by atoms with Gasteiger partial charge < -0.3 is 20.6 Å². The maximum atomic E-state index is 10.7. The largest absolute Gasteiger partial charge is 0.393 e. The van der Waals surface area contributed by atoms with Crippen molar-refractivity contribution in [3.05, 3.63) is 0 Å². The molecule has 6 nitrogen and oxygen atoms in total. The lowest BCUT2D eigenvalue weighted by atomic mass is 9.69. The first-order chi connectivity index (χ1) is 13.6. The number of aliphatic hydroxyl groups is 1. The molecule has 5 heterocycles. The van der Waals surface area contributed by atoms with Crippen molar-refractivity contribution in [3.8, 4) is 0 Å². The fourth-order valence-corrected chi connectivity index (χ4v) is 7.08. The van der Waals surface area contributed by atoms with Crippen molar-refractivity contribution in [1.29, 1.82) is 0 Å². The Balaban J connectivity index is 1.23. The molecular formula is C21H38ClN5O. The van der Waals surface area contributed by atoms with Gasteiger partial charge in [-0.25, -0.2) is 5.43 Å². The van der Waals surface area contributed by atoms with Gasteiger partial charge >= 0.3 is 0 Å². The van der Waals surface area contributed by atoms with E-state index in [1.807, 2.05) is 0 Å². The van der Waals surface area contributed by atoms with Gasteiger partial charge in [-0.1, -0.05) is 0 Å². The van der Waals surface area contributed by atoms with Crippen molar-refractivity contribution >= 4 is 11.6 Å². The Morgan fingerprint density at radius 1 is 1.00 bits per heavy atom. The number of hydrazine groups is 1. The maximum absolute atomic E-state index is 10.7. The van der Waals surface area contributed by atoms with E-state index in [1.165, 1.54) is 45.3 Å². The zero-order valence-electron chi connectivity index (χ0n) is 17.0. The zero-order valence-corrected chi connectivity index (χ0v) is 17.8. The van der Waals surface area contributed by atoms with Gasteiger partial charge in [0.25, 0.3) is 0 Å². The van der Waals surface area contributed by atoms with Gasteiger partial charge in [-0.05, 0) is 82.5 Å². The van der Waals surface area contributed by atoms with Crippen LogP contribution in [0.2, 0.25) is 0 Å². The highest BCUT2D eigenvalue weighted by atomic mass is 35.5. The molecule has 6 fully saturated rings. The van der Waals surface area contributed by atoms with E-state index >= 15 is 0 Å². The number of hydrogen-bond acceptors (Lipinski definition) is 6. The molecule has 5 N–H and O–H groups in total. The second-order valence-electron chi connectivity index (χ2n) is 10.2. The Morgan fingerprint density at radius 2 is 1.79 bits per heavy atom. The summed E-state index contributed by atoms with van der Waals surface area (Å²) in [6.45, 7) is 7.15. The Labute approximate surface area is 174 Å². The van der Waals surface area contributed by atoms with Crippen LogP contribution in [0.1, 0.15) is 44.9 Å². The van der Waals surface area contributed by atoms with E-state index < -0.39 is 0 Å². The Hall–Kier alpha value is 0.0500. The third-order valence-corrected chi connectivity index (χ3v) is 9.11. The zero-order chi connectivity index (χ0) is 19.1. The number of aliphatic hydroxyl groups excluding tert-OH is 1. The van der Waals surface area contributed by atoms with Crippen LogP contribution in [0.25, 0.3) is 0 Å². The number of fused-ring (bicyclic) bond motifs is 4. The number of rotatable bonds is 4. The van der Waals surface area contributed by atoms with Crippen LogP contribution in [-0.2, 0) is 0 Å². The first-order valence-electron chi connectivity index (χ1n) is 11.6. The molecule has 2 bridgehead atoms. The molecule has 160 valence electrons. The lowest BCUT2D eigenvalue weighted by Crippen LogP contribution is -2.71. The molecule has 1 aliphatic carbocycles. The smallest absolute Gasteiger partial charge is 0.0748 e. The maximum Gasteiger partial charge on any atom is 0.0748 e. The molecule has 7 heteroatoms. The van der Waals surface area contributed by atoms with Crippen LogP contribution in [0.15, 0.2) is 0 Å². The molecule has 0 amide bonds. The van der Waals surface area contributed by atoms with E-state index in [-0.39, 0.29) is 11.5 Å². The standard InChI is InChI=1S/C21H38ClN5O/c22-14-1-2-16(18(28)11-14)19-15-3-7-23-12-17(15)20(26-25-19)24-13-21-4-8-27(9-5-21)10-6-21/h14-20,23-26,28H,1-13H2. The summed E-state index contributed by atoms with van der Waals surface area (Å²) in [4.78, 5) is 2.62. The summed E-state index contributed by atoms with van der Waals surface area (Å²) >= 11 is 6.30. The number of hydrogen-bond donors (Lipinski definition) is 5. The Bertz CT molecular complexity index is 529. The molecule has 6 rings (SSSR count). The van der Waals surface area contributed by atoms with Crippen molar-refractivity contribution in [1.82, 2.24) is 26.4 Å². The summed E-state index contributed by atoms with van der Waals surface area (Å²) in [5.41, 5.74) is 7.81. The summed E-state index contributed by atoms with van der Waals surface area (Å²) in [6, 6.07) is 0.348. The van der Waals surface area contributed by atoms with Crippen molar-refractivity contribution in [2.24, 2.45) is 23.2 Å². The van der Waals surface area contributed by atoms with Gasteiger partial charge in [0.1, 0.15) is 0 Å². The monoisotopic (exact) mass is 411 g/mol. The number of nitrogens with zero attached hydrogens (tertiary/aromatic N) is 1. The highest BCUT2D eigenvalue weighted by molar-refractivity contribution is 6.20. The van der Waals surface area contributed by atoms with E-state index in [1.54, 1.807) is 0 Å². The fourth-order valence-electron chi connectivity index (χ4n) is 6.77. The second-order valence-corrected chi connectivity index (χ2v) is 10.8. The summed E-state index contributed by atoms with van der Waals surface area (Å²) in [5, 5.41) is 18.4. The van der Waals surface area contributed by atoms with Crippen LogP contribution in [0, 0.1) is 23.2 Å². The molecule has 0 aromatic carbocycles. The van der Waals surface area contributed by atoms with E-state index in [9.17, 15) is 5.11 Å². The molecule has 0 aromatic rings. The molecule has 7 atom stereocenters. The normalized spacial score (nSPS) is 51.6. The van der Waals surface area contributed by atoms with Gasteiger partial charge in [0, 0.05) is 36.3 Å². The predicted molar refractivity (Wildman–Crippen MR) is 112 cm³/mol. The van der Waals surface area contributed by atoms with Gasteiger partial charge in [-0.15, -0.1) is 11.6 Å². The molecule has 7 unspecified atom stereocenters. The van der Waals surface area contributed by atoms with Crippen molar-refractivity contribution < 1.29 is 5.11 Å². The minimum atomic E-state index is -0.276. The molecule has 5 saturated heterocycles. The topological polar surface area (TPSA) is 71.6 Å². The fraction of sp³-hybridized carbons (Fsp3) is 1.00. The van der Waals surface area contributed by atoms with Gasteiger partial charge in [-0.3, -0.25) is 5.43 Å². The van der Waals surface area contributed by atoms with Crippen LogP contribution in [0.5, 0.6) is 0 Å². The molecule has 0 radical (unpaired) electrons. The average Bonchev–Trinajstić information content (AvgIpc) is 2.74. The van der Waals surface area contributed by atoms with Crippen molar-refractivity contribution in [3.63, 3.8) is 0 Å². The van der Waals surface area contributed by atoms with Gasteiger partial charge in [0.15, 0.2) is 0 Å². The molecule has 6 aliphatic rings. The van der Waals surface area contributed by atoms with E-state index in [4.69, 9.17) is 11.6 Å². The lowest BCUT2D eigenvalue weighted by Gasteiger charge is -2.53. The predicted octanol–water partition coefficient (Wildman–Crippen LogP) is 0.859. The van der Waals surface area contributed by atoms with E-state index in [0.717, 1.165) is 38.9 Å². The van der Waals surface area contributed by atoms with Crippen LogP contribution in [0.3, 0.4) is 0 Å². The molecule has 28 heavy (non-hydrogen) atoms. The van der Waals surface area contributed by atoms with E-state index in [2.05, 4.69) is 26.4 Å². The first-order valence-corrected chi connectivity index (χ1v) is 12.1. The molecule has 0 spiro atoms. The van der Waals surface area contributed by atoms with Gasteiger partial charge in [0.2, 0.25) is 0 Å². The molecular weight excluding hydrogens is 374 g/mol. The third-order valence-electron chi connectivity index (χ3n) is 8.72. The lowest BCUT2D eigenvalue weighted by molar-refractivity contribution is -0.0266. The summed E-state index contributed by atoms with van der Waals surface area (Å²) in [5.74, 6) is 1.49. The van der Waals surface area contributed by atoms with Crippen LogP contribution < -0.4 is 21.5 Å². The second kappa shape index (κ2) is 8.29. The SMILES string of the molecule is OC1CC(Cl)CCC1C1NNC(NCC23CCN(CC2)CC3)C2CNCCC21. The summed E-state index contributed by atoms with van der Waals surface area (Å²) in [6.07, 6.45) is 8.07. The number of halogens is 1.